The molecule has 0 N–H and O–H groups in total. The maximum absolute atomic E-state index is 3.73. The average Bonchev–Trinajstić information content (AvgIpc) is 2.44. The summed E-state index contributed by atoms with van der Waals surface area (Å²) in [6.45, 7) is 11.6. The van der Waals surface area contributed by atoms with Gasteiger partial charge in [0.15, 0.2) is 0 Å². The highest BCUT2D eigenvalue weighted by molar-refractivity contribution is 5.52. The number of hydrogen-bond donors (Lipinski definition) is 0. The third kappa shape index (κ3) is 5.39. The summed E-state index contributed by atoms with van der Waals surface area (Å²) in [5.74, 6) is 0. The van der Waals surface area contributed by atoms with Crippen molar-refractivity contribution in [3.05, 3.63) is 90.0 Å². The largest absolute Gasteiger partial charge is 0.103 e. The van der Waals surface area contributed by atoms with Crippen molar-refractivity contribution >= 4 is 6.08 Å². The van der Waals surface area contributed by atoms with Crippen LogP contribution in [0.15, 0.2) is 67.8 Å². The highest BCUT2D eigenvalue weighted by Crippen LogP contribution is 2.10. The van der Waals surface area contributed by atoms with E-state index in [0.29, 0.717) is 0 Å². The maximum atomic E-state index is 3.73. The molecule has 0 amide bonds. The van der Waals surface area contributed by atoms with Crippen molar-refractivity contribution in [3.63, 3.8) is 0 Å². The number of rotatable bonds is 3. The summed E-state index contributed by atoms with van der Waals surface area (Å²) in [6, 6.07) is 16.7. The van der Waals surface area contributed by atoms with Crippen LogP contribution >= 0.6 is 0 Å². The second-order valence-corrected chi connectivity index (χ2v) is 4.54. The molecule has 98 valence electrons. The zero-order chi connectivity index (χ0) is 14.1. The molecule has 2 aromatic carbocycles. The summed E-state index contributed by atoms with van der Waals surface area (Å²) in [5, 5.41) is 0. The van der Waals surface area contributed by atoms with Crippen molar-refractivity contribution in [3.8, 4) is 0 Å². The van der Waals surface area contributed by atoms with E-state index in [9.17, 15) is 0 Å². The summed E-state index contributed by atoms with van der Waals surface area (Å²) in [5.41, 5.74) is 5.15. The van der Waals surface area contributed by atoms with E-state index in [0.717, 1.165) is 6.42 Å². The van der Waals surface area contributed by atoms with Crippen LogP contribution in [0.3, 0.4) is 0 Å². The second kappa shape index (κ2) is 8.10. The van der Waals surface area contributed by atoms with Crippen LogP contribution in [0.1, 0.15) is 22.3 Å². The Morgan fingerprint density at radius 3 is 2.16 bits per heavy atom. The molecule has 0 aliphatic carbocycles. The molecule has 0 aliphatic rings. The van der Waals surface area contributed by atoms with Crippen molar-refractivity contribution in [2.45, 2.75) is 20.3 Å². The van der Waals surface area contributed by atoms with Gasteiger partial charge in [-0.1, -0.05) is 72.8 Å². The summed E-state index contributed by atoms with van der Waals surface area (Å²) >= 11 is 0. The first-order valence-corrected chi connectivity index (χ1v) is 6.52. The number of aryl methyl sites for hydroxylation is 2. The van der Waals surface area contributed by atoms with Gasteiger partial charge in [-0.05, 0) is 37.0 Å². The first-order chi connectivity index (χ1) is 9.17. The van der Waals surface area contributed by atoms with E-state index in [1.54, 1.807) is 0 Å². The fraction of sp³-hybridized carbons (Fsp3) is 0.158. The molecule has 0 saturated carbocycles. The Morgan fingerprint density at radius 2 is 1.63 bits per heavy atom. The molecule has 2 rings (SSSR count). The van der Waals surface area contributed by atoms with Crippen LogP contribution in [0.4, 0.5) is 0 Å². The molecule has 0 unspecified atom stereocenters. The maximum Gasteiger partial charge on any atom is -0.0100 e. The van der Waals surface area contributed by atoms with Gasteiger partial charge in [-0.2, -0.15) is 0 Å². The Bertz CT molecular complexity index is 521. The first kappa shape index (κ1) is 15.0. The summed E-state index contributed by atoms with van der Waals surface area (Å²) in [7, 11) is 0. The van der Waals surface area contributed by atoms with E-state index in [1.807, 2.05) is 30.4 Å². The summed E-state index contributed by atoms with van der Waals surface area (Å²) < 4.78 is 0. The molecule has 0 radical (unpaired) electrons. The molecule has 0 bridgehead atoms. The minimum absolute atomic E-state index is 0.973. The molecular weight excluding hydrogens is 228 g/mol. The van der Waals surface area contributed by atoms with Gasteiger partial charge in [-0.3, -0.25) is 0 Å². The number of hydrogen-bond acceptors (Lipinski definition) is 0. The lowest BCUT2D eigenvalue weighted by Crippen LogP contribution is -1.80. The van der Waals surface area contributed by atoms with Crippen LogP contribution in [-0.2, 0) is 6.42 Å². The van der Waals surface area contributed by atoms with E-state index in [1.165, 1.54) is 22.3 Å². The molecule has 0 saturated heterocycles. The highest BCUT2D eigenvalue weighted by Gasteiger charge is 1.91. The Hall–Kier alpha value is -2.08. The number of allylic oxidation sites excluding steroid dienone is 1. The Balaban J connectivity index is 0.000000191. The third-order valence-electron chi connectivity index (χ3n) is 2.88. The molecule has 0 aliphatic heterocycles. The smallest absolute Gasteiger partial charge is 0.0100 e. The van der Waals surface area contributed by atoms with Crippen molar-refractivity contribution in [2.24, 2.45) is 0 Å². The molecule has 19 heavy (non-hydrogen) atoms. The lowest BCUT2D eigenvalue weighted by molar-refractivity contribution is 1.28. The monoisotopic (exact) mass is 250 g/mol. The lowest BCUT2D eigenvalue weighted by atomic mass is 10.1. The molecule has 0 heterocycles. The van der Waals surface area contributed by atoms with E-state index in [4.69, 9.17) is 0 Å². The van der Waals surface area contributed by atoms with Crippen molar-refractivity contribution < 1.29 is 0 Å². The van der Waals surface area contributed by atoms with Crippen LogP contribution in [0.5, 0.6) is 0 Å². The minimum atomic E-state index is 0.973. The van der Waals surface area contributed by atoms with Crippen LogP contribution in [0.25, 0.3) is 6.08 Å². The standard InChI is InChI=1S/C10H12.C9H10/c1-4-10-7-8(2)5-6-9(10)3;1-2-6-9-7-4-3-5-8-9/h4-7H,1H2,2-3H3;2-5,7-8H,1,6H2. The van der Waals surface area contributed by atoms with E-state index in [-0.39, 0.29) is 0 Å². The van der Waals surface area contributed by atoms with Crippen molar-refractivity contribution in [1.29, 1.82) is 0 Å². The second-order valence-electron chi connectivity index (χ2n) is 4.54. The molecule has 0 nitrogen and oxygen atoms in total. The van der Waals surface area contributed by atoms with Gasteiger partial charge in [0.2, 0.25) is 0 Å². The molecule has 2 aromatic rings. The minimum Gasteiger partial charge on any atom is -0.103 e. The van der Waals surface area contributed by atoms with E-state index in [2.05, 4.69) is 57.3 Å². The van der Waals surface area contributed by atoms with Gasteiger partial charge in [0.1, 0.15) is 0 Å². The van der Waals surface area contributed by atoms with Crippen molar-refractivity contribution in [1.82, 2.24) is 0 Å². The molecule has 0 atom stereocenters. The van der Waals surface area contributed by atoms with Gasteiger partial charge >= 0.3 is 0 Å². The van der Waals surface area contributed by atoms with Gasteiger partial charge in [-0.25, -0.2) is 0 Å². The quantitative estimate of drug-likeness (QED) is 0.643. The van der Waals surface area contributed by atoms with E-state index < -0.39 is 0 Å². The van der Waals surface area contributed by atoms with Crippen LogP contribution in [0.2, 0.25) is 0 Å². The van der Waals surface area contributed by atoms with Gasteiger partial charge in [0, 0.05) is 0 Å². The Morgan fingerprint density at radius 1 is 0.947 bits per heavy atom. The summed E-state index contributed by atoms with van der Waals surface area (Å²) in [4.78, 5) is 0. The number of benzene rings is 2. The summed E-state index contributed by atoms with van der Waals surface area (Å²) in [6.07, 6.45) is 4.78. The van der Waals surface area contributed by atoms with Crippen molar-refractivity contribution in [2.75, 3.05) is 0 Å². The molecule has 0 spiro atoms. The predicted octanol–water partition coefficient (Wildman–Crippen LogP) is 5.36. The van der Waals surface area contributed by atoms with Crippen LogP contribution < -0.4 is 0 Å². The first-order valence-electron chi connectivity index (χ1n) is 6.52. The van der Waals surface area contributed by atoms with Gasteiger partial charge in [-0.15, -0.1) is 6.58 Å². The SMILES string of the molecule is C=CCc1ccccc1.C=Cc1cc(C)ccc1C. The molecule has 0 aromatic heterocycles. The van der Waals surface area contributed by atoms with Crippen LogP contribution in [-0.4, -0.2) is 0 Å². The topological polar surface area (TPSA) is 0 Å². The molecular formula is C19H22. The average molecular weight is 250 g/mol. The lowest BCUT2D eigenvalue weighted by Gasteiger charge is -1.99. The van der Waals surface area contributed by atoms with Crippen LogP contribution in [0, 0.1) is 13.8 Å². The fourth-order valence-electron chi connectivity index (χ4n) is 1.76. The Labute approximate surface area is 117 Å². The van der Waals surface area contributed by atoms with Gasteiger partial charge in [0.05, 0.1) is 0 Å². The fourth-order valence-corrected chi connectivity index (χ4v) is 1.76. The molecule has 0 fully saturated rings. The van der Waals surface area contributed by atoms with Gasteiger partial charge < -0.3 is 0 Å². The Kier molecular flexibility index (Phi) is 6.38. The third-order valence-corrected chi connectivity index (χ3v) is 2.88. The zero-order valence-electron chi connectivity index (χ0n) is 11.9. The van der Waals surface area contributed by atoms with Gasteiger partial charge in [0.25, 0.3) is 0 Å². The molecule has 0 heteroatoms. The predicted molar refractivity (Wildman–Crippen MR) is 86.4 cm³/mol. The highest BCUT2D eigenvalue weighted by atomic mass is 14.0. The zero-order valence-corrected chi connectivity index (χ0v) is 11.9. The van der Waals surface area contributed by atoms with E-state index >= 15 is 0 Å². The normalized spacial score (nSPS) is 9.16.